The van der Waals surface area contributed by atoms with Crippen LogP contribution in [0.2, 0.25) is 0 Å². The maximum absolute atomic E-state index is 12.2. The van der Waals surface area contributed by atoms with Crippen molar-refractivity contribution in [2.75, 3.05) is 32.6 Å². The molecule has 0 spiro atoms. The minimum absolute atomic E-state index is 0.455. The van der Waals surface area contributed by atoms with Crippen molar-refractivity contribution < 1.29 is 18.3 Å². The zero-order valence-electron chi connectivity index (χ0n) is 13.6. The molecule has 0 unspecified atom stereocenters. The third-order valence-corrected chi connectivity index (χ3v) is 5.24. The molecule has 0 heterocycles. The summed E-state index contributed by atoms with van der Waals surface area (Å²) in [6, 6.07) is 0. The van der Waals surface area contributed by atoms with Crippen LogP contribution in [-0.4, -0.2) is 32.6 Å². The summed E-state index contributed by atoms with van der Waals surface area (Å²) >= 11 is 0. The molecule has 0 atom stereocenters. The molecule has 0 amide bonds. The van der Waals surface area contributed by atoms with Gasteiger partial charge in [0.15, 0.2) is 0 Å². The summed E-state index contributed by atoms with van der Waals surface area (Å²) in [5, 5.41) is 0. The highest BCUT2D eigenvalue weighted by molar-refractivity contribution is 7.53. The van der Waals surface area contributed by atoms with Crippen LogP contribution in [0.4, 0.5) is 0 Å². The zero-order valence-corrected chi connectivity index (χ0v) is 14.5. The average Bonchev–Trinajstić information content (AvgIpc) is 2.41. The van der Waals surface area contributed by atoms with E-state index in [0.717, 1.165) is 32.5 Å². The average molecular weight is 308 g/mol. The van der Waals surface area contributed by atoms with E-state index in [9.17, 15) is 4.57 Å². The highest BCUT2D eigenvalue weighted by Gasteiger charge is 2.22. The van der Waals surface area contributed by atoms with Crippen molar-refractivity contribution in [2.24, 2.45) is 0 Å². The lowest BCUT2D eigenvalue weighted by molar-refractivity contribution is 0.143. The van der Waals surface area contributed by atoms with E-state index in [1.165, 1.54) is 25.7 Å². The molecule has 0 aliphatic heterocycles. The Morgan fingerprint density at radius 2 is 1.20 bits per heavy atom. The Morgan fingerprint density at radius 3 is 1.70 bits per heavy atom. The van der Waals surface area contributed by atoms with Gasteiger partial charge < -0.3 is 13.8 Å². The second-order valence-corrected chi connectivity index (χ2v) is 7.03. The Hall–Kier alpha value is 0.110. The minimum Gasteiger partial charge on any atom is -0.382 e. The maximum Gasteiger partial charge on any atom is 0.330 e. The van der Waals surface area contributed by atoms with Crippen LogP contribution in [0.5, 0.6) is 0 Å². The lowest BCUT2D eigenvalue weighted by Gasteiger charge is -2.16. The molecule has 4 nitrogen and oxygen atoms in total. The second kappa shape index (κ2) is 14.1. The highest BCUT2D eigenvalue weighted by Crippen LogP contribution is 2.48. The Kier molecular flexibility index (Phi) is 14.1. The van der Waals surface area contributed by atoms with Gasteiger partial charge in [-0.1, -0.05) is 32.1 Å². The molecule has 20 heavy (non-hydrogen) atoms. The van der Waals surface area contributed by atoms with Gasteiger partial charge >= 0.3 is 7.60 Å². The molecule has 0 aromatic carbocycles. The normalized spacial score (nSPS) is 11.9. The SMILES string of the molecule is CCOCCCCCCCCCP(=O)(OCC)OCC. The number of ether oxygens (including phenoxy) is 1. The smallest absolute Gasteiger partial charge is 0.330 e. The zero-order chi connectivity index (χ0) is 15.1. The van der Waals surface area contributed by atoms with Gasteiger partial charge in [0.1, 0.15) is 0 Å². The van der Waals surface area contributed by atoms with Crippen LogP contribution < -0.4 is 0 Å². The van der Waals surface area contributed by atoms with Gasteiger partial charge in [-0.2, -0.15) is 0 Å². The Morgan fingerprint density at radius 1 is 0.700 bits per heavy atom. The molecule has 0 rings (SSSR count). The predicted octanol–water partition coefficient (Wildman–Crippen LogP) is 5.02. The first-order valence-electron chi connectivity index (χ1n) is 8.14. The number of rotatable bonds is 15. The third-order valence-electron chi connectivity index (χ3n) is 3.08. The molecule has 0 saturated heterocycles. The van der Waals surface area contributed by atoms with Gasteiger partial charge in [-0.25, -0.2) is 0 Å². The maximum atomic E-state index is 12.2. The molecule has 0 aromatic rings. The molecule has 0 aliphatic carbocycles. The lowest BCUT2D eigenvalue weighted by Crippen LogP contribution is -2.00. The van der Waals surface area contributed by atoms with Gasteiger partial charge in [-0.15, -0.1) is 0 Å². The van der Waals surface area contributed by atoms with Gasteiger partial charge in [-0.05, 0) is 33.6 Å². The summed E-state index contributed by atoms with van der Waals surface area (Å²) in [5.41, 5.74) is 0. The summed E-state index contributed by atoms with van der Waals surface area (Å²) in [5.74, 6) is 0. The van der Waals surface area contributed by atoms with Crippen LogP contribution in [0.15, 0.2) is 0 Å². The third kappa shape index (κ3) is 11.9. The van der Waals surface area contributed by atoms with E-state index in [-0.39, 0.29) is 0 Å². The van der Waals surface area contributed by atoms with Crippen LogP contribution in [0.25, 0.3) is 0 Å². The van der Waals surface area contributed by atoms with Gasteiger partial charge in [0, 0.05) is 13.2 Å². The van der Waals surface area contributed by atoms with Crippen molar-refractivity contribution in [3.63, 3.8) is 0 Å². The fourth-order valence-electron chi connectivity index (χ4n) is 2.10. The van der Waals surface area contributed by atoms with E-state index in [1.54, 1.807) is 0 Å². The fraction of sp³-hybridized carbons (Fsp3) is 1.00. The van der Waals surface area contributed by atoms with Gasteiger partial charge in [0.05, 0.1) is 19.4 Å². The van der Waals surface area contributed by atoms with Crippen molar-refractivity contribution in [3.8, 4) is 0 Å². The van der Waals surface area contributed by atoms with Crippen LogP contribution in [0, 0.1) is 0 Å². The molecule has 5 heteroatoms. The van der Waals surface area contributed by atoms with Gasteiger partial charge in [0.2, 0.25) is 0 Å². The summed E-state index contributed by atoms with van der Waals surface area (Å²) in [4.78, 5) is 0. The van der Waals surface area contributed by atoms with Crippen molar-refractivity contribution >= 4 is 7.60 Å². The molecular weight excluding hydrogens is 275 g/mol. The fourth-order valence-corrected chi connectivity index (χ4v) is 3.83. The number of unbranched alkanes of at least 4 members (excludes halogenated alkanes) is 6. The van der Waals surface area contributed by atoms with E-state index in [1.807, 2.05) is 20.8 Å². The van der Waals surface area contributed by atoms with Crippen molar-refractivity contribution in [1.29, 1.82) is 0 Å². The van der Waals surface area contributed by atoms with E-state index in [0.29, 0.717) is 19.4 Å². The summed E-state index contributed by atoms with van der Waals surface area (Å²) < 4.78 is 28.0. The molecule has 0 bridgehead atoms. The first-order chi connectivity index (χ1) is 9.68. The lowest BCUT2D eigenvalue weighted by atomic mass is 10.1. The van der Waals surface area contributed by atoms with E-state index >= 15 is 0 Å². The van der Waals surface area contributed by atoms with E-state index in [4.69, 9.17) is 13.8 Å². The summed E-state index contributed by atoms with van der Waals surface area (Å²) in [6.07, 6.45) is 8.72. The Bertz CT molecular complexity index is 236. The van der Waals surface area contributed by atoms with Crippen molar-refractivity contribution in [3.05, 3.63) is 0 Å². The molecular formula is C15H33O4P. The minimum atomic E-state index is -2.81. The summed E-state index contributed by atoms with van der Waals surface area (Å²) in [6.45, 7) is 8.36. The predicted molar refractivity (Wildman–Crippen MR) is 84.5 cm³/mol. The van der Waals surface area contributed by atoms with Crippen LogP contribution in [0.3, 0.4) is 0 Å². The van der Waals surface area contributed by atoms with Crippen LogP contribution in [0.1, 0.15) is 65.7 Å². The standard InChI is InChI=1S/C15H33O4P/c1-4-17-14-12-10-8-7-9-11-13-15-20(16,18-5-2)19-6-3/h4-15H2,1-3H3. The van der Waals surface area contributed by atoms with Gasteiger partial charge in [0.25, 0.3) is 0 Å². The van der Waals surface area contributed by atoms with E-state index < -0.39 is 7.60 Å². The molecule has 0 fully saturated rings. The Balaban J connectivity index is 3.43. The number of hydrogen-bond donors (Lipinski definition) is 0. The van der Waals surface area contributed by atoms with Gasteiger partial charge in [-0.3, -0.25) is 4.57 Å². The molecule has 0 aliphatic rings. The van der Waals surface area contributed by atoms with Crippen LogP contribution >= 0.6 is 7.60 Å². The summed E-state index contributed by atoms with van der Waals surface area (Å²) in [7, 11) is -2.81. The first-order valence-corrected chi connectivity index (χ1v) is 9.87. The molecule has 0 radical (unpaired) electrons. The molecule has 122 valence electrons. The topological polar surface area (TPSA) is 44.8 Å². The second-order valence-electron chi connectivity index (χ2n) is 4.84. The first kappa shape index (κ1) is 20.1. The Labute approximate surface area is 125 Å². The molecule has 0 aromatic heterocycles. The monoisotopic (exact) mass is 308 g/mol. The quantitative estimate of drug-likeness (QED) is 0.315. The van der Waals surface area contributed by atoms with Crippen molar-refractivity contribution in [1.82, 2.24) is 0 Å². The highest BCUT2D eigenvalue weighted by atomic mass is 31.2. The molecule has 0 saturated carbocycles. The number of hydrogen-bond acceptors (Lipinski definition) is 4. The molecule has 0 N–H and O–H groups in total. The van der Waals surface area contributed by atoms with Crippen LogP contribution in [-0.2, 0) is 18.3 Å². The van der Waals surface area contributed by atoms with Crippen molar-refractivity contribution in [2.45, 2.75) is 65.7 Å². The van der Waals surface area contributed by atoms with E-state index in [2.05, 4.69) is 0 Å². The largest absolute Gasteiger partial charge is 0.382 e.